The summed E-state index contributed by atoms with van der Waals surface area (Å²) in [6, 6.07) is 0. The van der Waals surface area contributed by atoms with Gasteiger partial charge in [-0.2, -0.15) is 0 Å². The minimum absolute atomic E-state index is 0.412. The fourth-order valence-corrected chi connectivity index (χ4v) is 2.01. The Balaban J connectivity index is 0. The van der Waals surface area contributed by atoms with Crippen LogP contribution in [0.1, 0.15) is 20.8 Å². The molecular weight excluding hydrogens is 351 g/mol. The van der Waals surface area contributed by atoms with Gasteiger partial charge in [0, 0.05) is 13.9 Å². The van der Waals surface area contributed by atoms with Gasteiger partial charge >= 0.3 is 36.4 Å². The predicted octanol–water partition coefficient (Wildman–Crippen LogP) is 4.83. The molecule has 0 unspecified atom stereocenters. The summed E-state index contributed by atoms with van der Waals surface area (Å²) in [4.78, 5) is 0. The van der Waals surface area contributed by atoms with Gasteiger partial charge in [0.1, 0.15) is 0 Å². The maximum atomic E-state index is 9.93. The standard InChI is InChI=1S/C7H18P.6FH.Sb/c1-5-8(4,6-2)7-3;;;;;;;/h5-7H2,1-4H3;6*1H;/q+1;;;;;;;+5/p-6. The molecule has 0 saturated heterocycles. The number of halogens is 6. The molecule has 0 nitrogen and oxygen atoms in total. The van der Waals surface area contributed by atoms with Gasteiger partial charge in [0.05, 0.1) is 18.5 Å². The van der Waals surface area contributed by atoms with Crippen LogP contribution in [-0.4, -0.2) is 44.6 Å². The van der Waals surface area contributed by atoms with Crippen molar-refractivity contribution >= 4 is 26.7 Å². The zero-order valence-corrected chi connectivity index (χ0v) is 12.7. The summed E-state index contributed by atoms with van der Waals surface area (Å²) in [6.07, 6.45) is 4.29. The first-order valence-corrected chi connectivity index (χ1v) is 13.1. The molecule has 0 heterocycles. The zero-order chi connectivity index (χ0) is 13.0. The van der Waals surface area contributed by atoms with Crippen LogP contribution in [0.2, 0.25) is 0 Å². The molecule has 0 aromatic rings. The first kappa shape index (κ1) is 18.2. The Labute approximate surface area is 89.7 Å². The van der Waals surface area contributed by atoms with Crippen molar-refractivity contribution in [3.05, 3.63) is 0 Å². The molecule has 0 bridgehead atoms. The fraction of sp³-hybridized carbons (Fsp3) is 1.00. The monoisotopic (exact) mass is 368 g/mol. The van der Waals surface area contributed by atoms with Gasteiger partial charge in [0.2, 0.25) is 0 Å². The van der Waals surface area contributed by atoms with Crippen LogP contribution in [0.15, 0.2) is 0 Å². The fourth-order valence-electron chi connectivity index (χ4n) is 0.671. The average molecular weight is 369 g/mol. The van der Waals surface area contributed by atoms with E-state index in [0.717, 1.165) is 0 Å². The molecule has 0 atom stereocenters. The van der Waals surface area contributed by atoms with E-state index >= 15 is 0 Å². The molecule has 8 heteroatoms. The second-order valence-electron chi connectivity index (χ2n) is 3.53. The first-order valence-electron chi connectivity index (χ1n) is 4.53. The van der Waals surface area contributed by atoms with Crippen molar-refractivity contribution in [2.24, 2.45) is 0 Å². The molecule has 0 saturated carbocycles. The Kier molecular flexibility index (Phi) is 5.58. The molecule has 0 aromatic heterocycles. The summed E-state index contributed by atoms with van der Waals surface area (Å²) in [5.74, 6) is 0. The molecule has 0 N–H and O–H groups in total. The molecule has 15 heavy (non-hydrogen) atoms. The Morgan fingerprint density at radius 1 is 0.733 bits per heavy atom. The second kappa shape index (κ2) is 4.60. The van der Waals surface area contributed by atoms with Crippen LogP contribution in [0.4, 0.5) is 16.9 Å². The van der Waals surface area contributed by atoms with Crippen LogP contribution in [0, 0.1) is 0 Å². The van der Waals surface area contributed by atoms with Crippen LogP contribution in [0.3, 0.4) is 0 Å². The number of hydrogen-bond donors (Lipinski definition) is 0. The van der Waals surface area contributed by atoms with E-state index in [9.17, 15) is 16.9 Å². The van der Waals surface area contributed by atoms with E-state index in [1.165, 1.54) is 18.5 Å². The van der Waals surface area contributed by atoms with Crippen LogP contribution in [-0.2, 0) is 0 Å². The van der Waals surface area contributed by atoms with Crippen molar-refractivity contribution in [1.29, 1.82) is 0 Å². The molecular formula is C7H18F6PSb. The quantitative estimate of drug-likeness (QED) is 0.380. The third-order valence-corrected chi connectivity index (χ3v) is 6.87. The van der Waals surface area contributed by atoms with Crippen molar-refractivity contribution < 1.29 is 16.9 Å². The molecule has 0 amide bonds. The van der Waals surface area contributed by atoms with E-state index in [0.29, 0.717) is 0 Å². The van der Waals surface area contributed by atoms with E-state index in [-0.39, 0.29) is 0 Å². The van der Waals surface area contributed by atoms with Gasteiger partial charge in [-0.05, 0) is 20.8 Å². The van der Waals surface area contributed by atoms with Gasteiger partial charge in [0.15, 0.2) is 0 Å². The minimum atomic E-state index is -11.2. The van der Waals surface area contributed by atoms with E-state index in [1.54, 1.807) is 0 Å². The third kappa shape index (κ3) is 25.3. The van der Waals surface area contributed by atoms with Gasteiger partial charge in [-0.15, -0.1) is 0 Å². The summed E-state index contributed by atoms with van der Waals surface area (Å²) in [5.41, 5.74) is 0. The second-order valence-corrected chi connectivity index (χ2v) is 14.1. The molecule has 0 fully saturated rings. The number of hydrogen-bond acceptors (Lipinski definition) is 0. The molecule has 0 aromatic carbocycles. The molecule has 98 valence electrons. The van der Waals surface area contributed by atoms with Crippen LogP contribution >= 0.6 is 7.26 Å². The van der Waals surface area contributed by atoms with Crippen molar-refractivity contribution in [2.45, 2.75) is 20.8 Å². The predicted molar refractivity (Wildman–Crippen MR) is 56.9 cm³/mol. The maximum absolute atomic E-state index is 11.2. The average Bonchev–Trinajstić information content (AvgIpc) is 1.97. The van der Waals surface area contributed by atoms with Crippen molar-refractivity contribution in [3.63, 3.8) is 0 Å². The summed E-state index contributed by atoms with van der Waals surface area (Å²) in [7, 11) is -0.412. The van der Waals surface area contributed by atoms with E-state index in [2.05, 4.69) is 27.4 Å². The Morgan fingerprint density at radius 3 is 0.867 bits per heavy atom. The van der Waals surface area contributed by atoms with E-state index < -0.39 is 26.7 Å². The zero-order valence-electron chi connectivity index (χ0n) is 9.28. The van der Waals surface area contributed by atoms with Gasteiger partial charge in [-0.3, -0.25) is 0 Å². The van der Waals surface area contributed by atoms with Gasteiger partial charge in [0.25, 0.3) is 0 Å². The van der Waals surface area contributed by atoms with Crippen molar-refractivity contribution in [3.8, 4) is 0 Å². The molecule has 0 aliphatic carbocycles. The Morgan fingerprint density at radius 2 is 0.867 bits per heavy atom. The van der Waals surface area contributed by atoms with Gasteiger partial charge in [-0.25, -0.2) is 0 Å². The third-order valence-electron chi connectivity index (χ3n) is 2.29. The number of rotatable bonds is 3. The normalized spacial score (nSPS) is 17.2. The van der Waals surface area contributed by atoms with Gasteiger partial charge in [-0.1, -0.05) is 0 Å². The Hall–Kier alpha value is 0.828. The van der Waals surface area contributed by atoms with Crippen LogP contribution < -0.4 is 0 Å². The molecule has 0 radical (unpaired) electrons. The van der Waals surface area contributed by atoms with Crippen LogP contribution in [0.25, 0.3) is 0 Å². The van der Waals surface area contributed by atoms with Gasteiger partial charge < -0.3 is 0 Å². The van der Waals surface area contributed by atoms with E-state index in [4.69, 9.17) is 0 Å². The molecule has 0 aliphatic rings. The molecule has 0 spiro atoms. The SMILES string of the molecule is CC[P+](C)(CC)CC.[F][Sb-]([F])([F])([F])([F])[F]. The van der Waals surface area contributed by atoms with Crippen LogP contribution in [0.5, 0.6) is 0 Å². The first-order chi connectivity index (χ1) is 6.13. The van der Waals surface area contributed by atoms with Crippen molar-refractivity contribution in [2.75, 3.05) is 25.2 Å². The summed E-state index contributed by atoms with van der Waals surface area (Å²) in [5, 5.41) is 0. The summed E-state index contributed by atoms with van der Waals surface area (Å²) < 4.78 is 59.6. The summed E-state index contributed by atoms with van der Waals surface area (Å²) in [6.45, 7) is 9.43. The summed E-state index contributed by atoms with van der Waals surface area (Å²) >= 11 is -11.2. The molecule has 0 aliphatic heterocycles. The van der Waals surface area contributed by atoms with E-state index in [1.807, 2.05) is 0 Å². The Bertz CT molecular complexity index is 171. The topological polar surface area (TPSA) is 0 Å². The molecule has 0 rings (SSSR count). The van der Waals surface area contributed by atoms with Crippen molar-refractivity contribution in [1.82, 2.24) is 0 Å².